The lowest BCUT2D eigenvalue weighted by molar-refractivity contribution is 0.555. The van der Waals surface area contributed by atoms with Crippen molar-refractivity contribution in [3.8, 4) is 0 Å². The Kier molecular flexibility index (Phi) is 5.41. The standard InChI is InChI=1S/C16H16Cl2FN/c1-20-14(8-11-2-5-13(19)6-3-11)9-12-4-7-15(17)16(18)10-12/h2-7,10,14,20H,8-9H2,1H3. The quantitative estimate of drug-likeness (QED) is 0.857. The molecular formula is C16H16Cl2FN. The Balaban J connectivity index is 2.04. The maximum atomic E-state index is 12.9. The second kappa shape index (κ2) is 7.07. The molecule has 0 heterocycles. The molecule has 0 radical (unpaired) electrons. The van der Waals surface area contributed by atoms with E-state index in [-0.39, 0.29) is 11.9 Å². The first kappa shape index (κ1) is 15.3. The summed E-state index contributed by atoms with van der Waals surface area (Å²) >= 11 is 11.9. The first-order chi connectivity index (χ1) is 9.58. The van der Waals surface area contributed by atoms with Crippen molar-refractivity contribution in [2.24, 2.45) is 0 Å². The van der Waals surface area contributed by atoms with E-state index < -0.39 is 0 Å². The molecule has 0 aliphatic rings. The molecule has 1 N–H and O–H groups in total. The van der Waals surface area contributed by atoms with E-state index in [0.29, 0.717) is 10.0 Å². The van der Waals surface area contributed by atoms with Crippen LogP contribution in [0.1, 0.15) is 11.1 Å². The number of halogens is 3. The van der Waals surface area contributed by atoms with Gasteiger partial charge in [-0.2, -0.15) is 0 Å². The lowest BCUT2D eigenvalue weighted by Gasteiger charge is -2.16. The molecule has 0 amide bonds. The van der Waals surface area contributed by atoms with Crippen molar-refractivity contribution in [1.82, 2.24) is 5.32 Å². The largest absolute Gasteiger partial charge is 0.316 e. The summed E-state index contributed by atoms with van der Waals surface area (Å²) in [7, 11) is 1.92. The maximum Gasteiger partial charge on any atom is 0.123 e. The molecule has 0 bridgehead atoms. The highest BCUT2D eigenvalue weighted by atomic mass is 35.5. The van der Waals surface area contributed by atoms with Crippen LogP contribution < -0.4 is 5.32 Å². The second-order valence-corrected chi connectivity index (χ2v) is 5.58. The average Bonchev–Trinajstić information content (AvgIpc) is 2.44. The average molecular weight is 312 g/mol. The Morgan fingerprint density at radius 3 is 2.15 bits per heavy atom. The van der Waals surface area contributed by atoms with Crippen LogP contribution in [0.4, 0.5) is 4.39 Å². The van der Waals surface area contributed by atoms with Crippen LogP contribution in [0.3, 0.4) is 0 Å². The van der Waals surface area contributed by atoms with Crippen molar-refractivity contribution in [3.63, 3.8) is 0 Å². The Hall–Kier alpha value is -1.09. The van der Waals surface area contributed by atoms with Gasteiger partial charge in [-0.25, -0.2) is 4.39 Å². The van der Waals surface area contributed by atoms with Crippen molar-refractivity contribution in [2.75, 3.05) is 7.05 Å². The molecular weight excluding hydrogens is 296 g/mol. The molecule has 1 atom stereocenters. The third kappa shape index (κ3) is 4.20. The number of nitrogens with one attached hydrogen (secondary N) is 1. The summed E-state index contributed by atoms with van der Waals surface area (Å²) < 4.78 is 12.9. The monoisotopic (exact) mass is 311 g/mol. The Morgan fingerprint density at radius 1 is 0.950 bits per heavy atom. The zero-order valence-corrected chi connectivity index (χ0v) is 12.7. The molecule has 0 aliphatic heterocycles. The molecule has 2 aromatic carbocycles. The Morgan fingerprint density at radius 2 is 1.55 bits per heavy atom. The predicted molar refractivity (Wildman–Crippen MR) is 83.1 cm³/mol. The molecule has 0 aromatic heterocycles. The molecule has 0 saturated carbocycles. The van der Waals surface area contributed by atoms with Crippen LogP contribution in [0.25, 0.3) is 0 Å². The SMILES string of the molecule is CNC(Cc1ccc(F)cc1)Cc1ccc(Cl)c(Cl)c1. The van der Waals surface area contributed by atoms with E-state index in [9.17, 15) is 4.39 Å². The molecule has 20 heavy (non-hydrogen) atoms. The van der Waals surface area contributed by atoms with Crippen molar-refractivity contribution in [2.45, 2.75) is 18.9 Å². The summed E-state index contributed by atoms with van der Waals surface area (Å²) in [5.74, 6) is -0.209. The van der Waals surface area contributed by atoms with E-state index in [1.54, 1.807) is 0 Å². The maximum absolute atomic E-state index is 12.9. The zero-order valence-electron chi connectivity index (χ0n) is 11.2. The van der Waals surface area contributed by atoms with Crippen LogP contribution in [0.15, 0.2) is 42.5 Å². The van der Waals surface area contributed by atoms with Gasteiger partial charge in [-0.15, -0.1) is 0 Å². The van der Waals surface area contributed by atoms with Crippen LogP contribution in [-0.4, -0.2) is 13.1 Å². The van der Waals surface area contributed by atoms with Crippen molar-refractivity contribution < 1.29 is 4.39 Å². The highest BCUT2D eigenvalue weighted by Crippen LogP contribution is 2.23. The van der Waals surface area contributed by atoms with Crippen LogP contribution in [0.2, 0.25) is 10.0 Å². The van der Waals surface area contributed by atoms with Gasteiger partial charge in [0.25, 0.3) is 0 Å². The highest BCUT2D eigenvalue weighted by molar-refractivity contribution is 6.42. The van der Waals surface area contributed by atoms with Gasteiger partial charge < -0.3 is 5.32 Å². The number of benzene rings is 2. The summed E-state index contributed by atoms with van der Waals surface area (Å²) in [6, 6.07) is 12.5. The fourth-order valence-corrected chi connectivity index (χ4v) is 2.45. The van der Waals surface area contributed by atoms with Crippen molar-refractivity contribution >= 4 is 23.2 Å². The first-order valence-corrected chi connectivity index (χ1v) is 7.19. The lowest BCUT2D eigenvalue weighted by atomic mass is 9.99. The summed E-state index contributed by atoms with van der Waals surface area (Å²) in [6.07, 6.45) is 1.67. The van der Waals surface area contributed by atoms with Gasteiger partial charge in [0.2, 0.25) is 0 Å². The van der Waals surface area contributed by atoms with Crippen LogP contribution in [-0.2, 0) is 12.8 Å². The Labute approximate surface area is 128 Å². The van der Waals surface area contributed by atoms with Crippen LogP contribution in [0.5, 0.6) is 0 Å². The molecule has 0 spiro atoms. The van der Waals surface area contributed by atoms with Gasteiger partial charge in [0, 0.05) is 6.04 Å². The lowest BCUT2D eigenvalue weighted by Crippen LogP contribution is -2.29. The van der Waals surface area contributed by atoms with E-state index in [4.69, 9.17) is 23.2 Å². The van der Waals surface area contributed by atoms with E-state index in [0.717, 1.165) is 24.0 Å². The molecule has 0 aliphatic carbocycles. The third-order valence-electron chi connectivity index (χ3n) is 3.27. The normalized spacial score (nSPS) is 12.4. The predicted octanol–water partition coefficient (Wildman–Crippen LogP) is 4.51. The summed E-state index contributed by atoms with van der Waals surface area (Å²) in [5.41, 5.74) is 2.23. The van der Waals surface area contributed by atoms with Gasteiger partial charge in [-0.05, 0) is 55.3 Å². The van der Waals surface area contributed by atoms with Crippen LogP contribution in [0, 0.1) is 5.82 Å². The molecule has 0 fully saturated rings. The van der Waals surface area contributed by atoms with Gasteiger partial charge in [0.1, 0.15) is 5.82 Å². The first-order valence-electron chi connectivity index (χ1n) is 6.44. The molecule has 1 nitrogen and oxygen atoms in total. The molecule has 2 aromatic rings. The molecule has 4 heteroatoms. The number of hydrogen-bond acceptors (Lipinski definition) is 1. The number of likely N-dealkylation sites (N-methyl/N-ethyl adjacent to an activating group) is 1. The second-order valence-electron chi connectivity index (χ2n) is 4.77. The third-order valence-corrected chi connectivity index (χ3v) is 4.01. The molecule has 106 valence electrons. The Bertz CT molecular complexity index is 569. The van der Waals surface area contributed by atoms with Crippen molar-refractivity contribution in [1.29, 1.82) is 0 Å². The van der Waals surface area contributed by atoms with Gasteiger partial charge in [0.15, 0.2) is 0 Å². The topological polar surface area (TPSA) is 12.0 Å². The number of hydrogen-bond donors (Lipinski definition) is 1. The minimum absolute atomic E-state index is 0.209. The smallest absolute Gasteiger partial charge is 0.123 e. The van der Waals surface area contributed by atoms with Crippen LogP contribution >= 0.6 is 23.2 Å². The van der Waals surface area contributed by atoms with Crippen molar-refractivity contribution in [3.05, 3.63) is 69.5 Å². The zero-order chi connectivity index (χ0) is 14.5. The van der Waals surface area contributed by atoms with Gasteiger partial charge >= 0.3 is 0 Å². The van der Waals surface area contributed by atoms with Gasteiger partial charge in [-0.3, -0.25) is 0 Å². The molecule has 0 saturated heterocycles. The summed E-state index contributed by atoms with van der Waals surface area (Å²) in [6.45, 7) is 0. The number of rotatable bonds is 5. The van der Waals surface area contributed by atoms with E-state index in [1.165, 1.54) is 12.1 Å². The fourth-order valence-electron chi connectivity index (χ4n) is 2.13. The molecule has 1 unspecified atom stereocenters. The fraction of sp³-hybridized carbons (Fsp3) is 0.250. The summed E-state index contributed by atoms with van der Waals surface area (Å²) in [5, 5.41) is 4.41. The minimum atomic E-state index is -0.209. The summed E-state index contributed by atoms with van der Waals surface area (Å²) in [4.78, 5) is 0. The van der Waals surface area contributed by atoms with E-state index >= 15 is 0 Å². The van der Waals surface area contributed by atoms with E-state index in [1.807, 2.05) is 37.4 Å². The molecule has 2 rings (SSSR count). The van der Waals surface area contributed by atoms with Gasteiger partial charge in [0.05, 0.1) is 10.0 Å². The van der Waals surface area contributed by atoms with Gasteiger partial charge in [-0.1, -0.05) is 41.4 Å². The highest BCUT2D eigenvalue weighted by Gasteiger charge is 2.10. The minimum Gasteiger partial charge on any atom is -0.316 e. The van der Waals surface area contributed by atoms with E-state index in [2.05, 4.69) is 5.32 Å².